The third kappa shape index (κ3) is 3.86. The summed E-state index contributed by atoms with van der Waals surface area (Å²) in [6, 6.07) is 0. The van der Waals surface area contributed by atoms with Gasteiger partial charge in [0.05, 0.1) is 18.4 Å². The number of anilines is 1. The van der Waals surface area contributed by atoms with Crippen LogP contribution in [0.3, 0.4) is 0 Å². The Balaban J connectivity index is 2.02. The molecule has 2 rings (SSSR count). The van der Waals surface area contributed by atoms with Gasteiger partial charge in [0.1, 0.15) is 4.47 Å². The summed E-state index contributed by atoms with van der Waals surface area (Å²) in [6.45, 7) is 4.92. The van der Waals surface area contributed by atoms with Crippen LogP contribution in [0.25, 0.3) is 0 Å². The number of hydrogen-bond acceptors (Lipinski definition) is 4. The minimum Gasteiger partial charge on any atom is -0.382 e. The van der Waals surface area contributed by atoms with E-state index in [0.717, 1.165) is 12.2 Å². The molecule has 4 nitrogen and oxygen atoms in total. The Morgan fingerprint density at radius 3 is 3.16 bits per heavy atom. The molecule has 1 aliphatic rings. The van der Waals surface area contributed by atoms with E-state index in [1.807, 2.05) is 11.8 Å². The van der Waals surface area contributed by atoms with E-state index in [9.17, 15) is 4.79 Å². The summed E-state index contributed by atoms with van der Waals surface area (Å²) >= 11 is 5.36. The molecule has 1 unspecified atom stereocenters. The number of rotatable bonds is 5. The first-order valence-corrected chi connectivity index (χ1v) is 8.28. The highest BCUT2D eigenvalue weighted by Gasteiger charge is 2.15. The fourth-order valence-electron chi connectivity index (χ4n) is 2.03. The van der Waals surface area contributed by atoms with E-state index < -0.39 is 0 Å². The van der Waals surface area contributed by atoms with Crippen molar-refractivity contribution < 1.29 is 0 Å². The average molecular weight is 344 g/mol. The van der Waals surface area contributed by atoms with Gasteiger partial charge in [-0.3, -0.25) is 4.79 Å². The van der Waals surface area contributed by atoms with Crippen molar-refractivity contribution in [2.75, 3.05) is 17.6 Å². The Bertz CT molecular complexity index is 497. The maximum atomic E-state index is 12.0. The summed E-state index contributed by atoms with van der Waals surface area (Å²) in [4.78, 5) is 12.0. The first-order chi connectivity index (χ1) is 9.22. The smallest absolute Gasteiger partial charge is 0.283 e. The van der Waals surface area contributed by atoms with Crippen LogP contribution in [0.5, 0.6) is 0 Å². The molecule has 6 heteroatoms. The number of nitrogens with zero attached hydrogens (tertiary/aromatic N) is 2. The van der Waals surface area contributed by atoms with Crippen LogP contribution in [0, 0.1) is 0 Å². The SMILES string of the molecule is C=CCn1ncc(NCC2CCCCS2)c(Br)c1=O. The second kappa shape index (κ2) is 7.14. The van der Waals surface area contributed by atoms with Crippen molar-refractivity contribution in [3.8, 4) is 0 Å². The predicted molar refractivity (Wildman–Crippen MR) is 85.0 cm³/mol. The molecule has 0 saturated carbocycles. The predicted octanol–water partition coefficient (Wildman–Crippen LogP) is 2.89. The van der Waals surface area contributed by atoms with E-state index in [1.54, 1.807) is 12.3 Å². The summed E-state index contributed by atoms with van der Waals surface area (Å²) in [5.41, 5.74) is 0.651. The van der Waals surface area contributed by atoms with Crippen molar-refractivity contribution in [3.63, 3.8) is 0 Å². The highest BCUT2D eigenvalue weighted by Crippen LogP contribution is 2.26. The van der Waals surface area contributed by atoms with Crippen LogP contribution in [0.1, 0.15) is 19.3 Å². The molecule has 1 aromatic rings. The van der Waals surface area contributed by atoms with E-state index in [1.165, 1.54) is 29.7 Å². The summed E-state index contributed by atoms with van der Waals surface area (Å²) in [6.07, 6.45) is 7.23. The largest absolute Gasteiger partial charge is 0.382 e. The third-order valence-electron chi connectivity index (χ3n) is 3.08. The molecule has 0 amide bonds. The summed E-state index contributed by atoms with van der Waals surface area (Å²) in [5.74, 6) is 1.24. The number of thioether (sulfide) groups is 1. The minimum atomic E-state index is -0.124. The molecule has 1 N–H and O–H groups in total. The van der Waals surface area contributed by atoms with Crippen molar-refractivity contribution in [1.82, 2.24) is 9.78 Å². The Morgan fingerprint density at radius 2 is 2.47 bits per heavy atom. The van der Waals surface area contributed by atoms with Crippen molar-refractivity contribution in [2.24, 2.45) is 0 Å². The van der Waals surface area contributed by atoms with Crippen molar-refractivity contribution in [3.05, 3.63) is 33.7 Å². The van der Waals surface area contributed by atoms with Gasteiger partial charge in [0.15, 0.2) is 0 Å². The highest BCUT2D eigenvalue weighted by molar-refractivity contribution is 9.10. The van der Waals surface area contributed by atoms with Gasteiger partial charge in [0.2, 0.25) is 0 Å². The van der Waals surface area contributed by atoms with E-state index in [0.29, 0.717) is 16.3 Å². The molecule has 1 aliphatic heterocycles. The molecule has 19 heavy (non-hydrogen) atoms. The topological polar surface area (TPSA) is 46.9 Å². The second-order valence-electron chi connectivity index (χ2n) is 4.52. The lowest BCUT2D eigenvalue weighted by molar-refractivity contribution is 0.647. The average Bonchev–Trinajstić information content (AvgIpc) is 2.44. The van der Waals surface area contributed by atoms with Gasteiger partial charge in [-0.1, -0.05) is 12.5 Å². The van der Waals surface area contributed by atoms with Crippen LogP contribution in [0.4, 0.5) is 5.69 Å². The zero-order valence-corrected chi connectivity index (χ0v) is 13.2. The van der Waals surface area contributed by atoms with Gasteiger partial charge in [0, 0.05) is 11.8 Å². The molecule has 2 heterocycles. The molecular weight excluding hydrogens is 326 g/mol. The molecule has 0 bridgehead atoms. The van der Waals surface area contributed by atoms with Crippen LogP contribution < -0.4 is 10.9 Å². The quantitative estimate of drug-likeness (QED) is 0.835. The standard InChI is InChI=1S/C13H18BrN3OS/c1-2-6-17-13(18)12(14)11(9-16-17)15-8-10-5-3-4-7-19-10/h2,9-10,15H,1,3-8H2. The van der Waals surface area contributed by atoms with Crippen molar-refractivity contribution in [1.29, 1.82) is 0 Å². The lowest BCUT2D eigenvalue weighted by Gasteiger charge is -2.22. The van der Waals surface area contributed by atoms with E-state index in [2.05, 4.69) is 32.9 Å². The molecule has 0 radical (unpaired) electrons. The van der Waals surface area contributed by atoms with E-state index >= 15 is 0 Å². The van der Waals surface area contributed by atoms with Gasteiger partial charge in [-0.05, 0) is 34.5 Å². The van der Waals surface area contributed by atoms with E-state index in [4.69, 9.17) is 0 Å². The number of nitrogens with one attached hydrogen (secondary N) is 1. The normalized spacial score (nSPS) is 19.1. The zero-order chi connectivity index (χ0) is 13.7. The van der Waals surface area contributed by atoms with Crippen molar-refractivity contribution in [2.45, 2.75) is 31.1 Å². The number of aromatic nitrogens is 2. The highest BCUT2D eigenvalue weighted by atomic mass is 79.9. The Hall–Kier alpha value is -0.750. The van der Waals surface area contributed by atoms with Gasteiger partial charge < -0.3 is 5.32 Å². The Kier molecular flexibility index (Phi) is 5.51. The molecule has 1 atom stereocenters. The molecule has 1 aromatic heterocycles. The molecule has 0 aromatic carbocycles. The molecular formula is C13H18BrN3OS. The number of allylic oxidation sites excluding steroid dienone is 1. The monoisotopic (exact) mass is 343 g/mol. The van der Waals surface area contributed by atoms with Gasteiger partial charge >= 0.3 is 0 Å². The minimum absolute atomic E-state index is 0.124. The molecule has 1 fully saturated rings. The van der Waals surface area contributed by atoms with Crippen molar-refractivity contribution >= 4 is 33.4 Å². The summed E-state index contributed by atoms with van der Waals surface area (Å²) in [5, 5.41) is 8.09. The molecule has 0 aliphatic carbocycles. The van der Waals surface area contributed by atoms with Crippen LogP contribution in [0.2, 0.25) is 0 Å². The molecule has 104 valence electrons. The lowest BCUT2D eigenvalue weighted by Crippen LogP contribution is -2.26. The maximum Gasteiger partial charge on any atom is 0.283 e. The number of halogens is 1. The van der Waals surface area contributed by atoms with Crippen LogP contribution in [-0.2, 0) is 6.54 Å². The Morgan fingerprint density at radius 1 is 1.63 bits per heavy atom. The molecule has 1 saturated heterocycles. The number of hydrogen-bond donors (Lipinski definition) is 1. The summed E-state index contributed by atoms with van der Waals surface area (Å²) in [7, 11) is 0. The van der Waals surface area contributed by atoms with Crippen LogP contribution in [0.15, 0.2) is 28.1 Å². The zero-order valence-electron chi connectivity index (χ0n) is 10.8. The van der Waals surface area contributed by atoms with Gasteiger partial charge in [-0.2, -0.15) is 16.9 Å². The summed E-state index contributed by atoms with van der Waals surface area (Å²) < 4.78 is 1.93. The van der Waals surface area contributed by atoms with Gasteiger partial charge in [-0.15, -0.1) is 6.58 Å². The first kappa shape index (κ1) is 14.7. The fraction of sp³-hybridized carbons (Fsp3) is 0.538. The van der Waals surface area contributed by atoms with Gasteiger partial charge in [-0.25, -0.2) is 4.68 Å². The first-order valence-electron chi connectivity index (χ1n) is 6.44. The van der Waals surface area contributed by atoms with Crippen LogP contribution >= 0.6 is 27.7 Å². The lowest BCUT2D eigenvalue weighted by atomic mass is 10.2. The maximum absolute atomic E-state index is 12.0. The second-order valence-corrected chi connectivity index (χ2v) is 6.72. The van der Waals surface area contributed by atoms with E-state index in [-0.39, 0.29) is 5.56 Å². The third-order valence-corrected chi connectivity index (χ3v) is 5.25. The van der Waals surface area contributed by atoms with Crippen LogP contribution in [-0.4, -0.2) is 27.3 Å². The van der Waals surface area contributed by atoms with Gasteiger partial charge in [0.25, 0.3) is 5.56 Å². The fourth-order valence-corrected chi connectivity index (χ4v) is 3.72. The Labute approximate surface area is 125 Å². The molecule has 0 spiro atoms.